The van der Waals surface area contributed by atoms with Gasteiger partial charge in [-0.2, -0.15) is 0 Å². The number of nitrogens with zero attached hydrogens (tertiary/aromatic N) is 3. The fraction of sp³-hybridized carbons (Fsp3) is 0.400. The smallest absolute Gasteiger partial charge is 0.150 e. The second kappa shape index (κ2) is 8.85. The summed E-state index contributed by atoms with van der Waals surface area (Å²) in [5.41, 5.74) is 8.26. The zero-order valence-electron chi connectivity index (χ0n) is 21.7. The molecule has 1 atom stereocenters. The number of anilines is 1. The summed E-state index contributed by atoms with van der Waals surface area (Å²) in [6.45, 7) is 3.20. The number of fused-ring (bicyclic) bond motifs is 4. The normalized spacial score (nSPS) is 24.6. The number of benzene rings is 2. The van der Waals surface area contributed by atoms with Crippen molar-refractivity contribution in [1.29, 1.82) is 0 Å². The minimum Gasteiger partial charge on any atom is -0.393 e. The Balaban J connectivity index is 1.43. The average Bonchev–Trinajstić information content (AvgIpc) is 3.37. The Morgan fingerprint density at radius 3 is 2.50 bits per heavy atom. The molecule has 3 aliphatic rings. The largest absolute Gasteiger partial charge is 0.393 e. The lowest BCUT2D eigenvalue weighted by Crippen LogP contribution is -2.55. The van der Waals surface area contributed by atoms with Crippen molar-refractivity contribution >= 4 is 11.3 Å². The fourth-order valence-electron chi connectivity index (χ4n) is 6.27. The Morgan fingerprint density at radius 1 is 1.13 bits per heavy atom. The van der Waals surface area contributed by atoms with E-state index in [9.17, 15) is 9.50 Å². The molecule has 198 valence electrons. The molecule has 2 aromatic carbocycles. The number of rotatable bonds is 6. The van der Waals surface area contributed by atoms with Crippen molar-refractivity contribution < 1.29 is 18.6 Å². The molecule has 4 aromatic rings. The van der Waals surface area contributed by atoms with Crippen LogP contribution in [0.4, 0.5) is 14.6 Å². The molecule has 1 saturated carbocycles. The zero-order valence-corrected chi connectivity index (χ0v) is 21.7. The Labute approximate surface area is 220 Å². The lowest BCUT2D eigenvalue weighted by Gasteiger charge is -2.51. The lowest BCUT2D eigenvalue weighted by atomic mass is 9.66. The van der Waals surface area contributed by atoms with Gasteiger partial charge in [0, 0.05) is 28.9 Å². The summed E-state index contributed by atoms with van der Waals surface area (Å²) in [7, 11) is 0. The number of aliphatic hydroxyl groups excluding tert-OH is 1. The highest BCUT2D eigenvalue weighted by Gasteiger charge is 2.52. The lowest BCUT2D eigenvalue weighted by molar-refractivity contribution is -0.177. The number of hydrogen-bond acceptors (Lipinski definition) is 5. The highest BCUT2D eigenvalue weighted by molar-refractivity contribution is 5.85. The van der Waals surface area contributed by atoms with Gasteiger partial charge in [-0.05, 0) is 50.7 Å². The number of halogens is 2. The average molecular weight is 519 g/mol. The molecule has 4 heterocycles. The van der Waals surface area contributed by atoms with Gasteiger partial charge >= 0.3 is 0 Å². The molecule has 3 N–H and O–H groups in total. The Morgan fingerprint density at radius 2 is 1.87 bits per heavy atom. The van der Waals surface area contributed by atoms with E-state index in [0.717, 1.165) is 37.1 Å². The molecule has 6 nitrogen and oxygen atoms in total. The van der Waals surface area contributed by atoms with E-state index < -0.39 is 17.7 Å². The molecule has 1 unspecified atom stereocenters. The SMILES string of the molecule is Cc1cccc(C(C)(CF)c2ccc(-c3nc(C45CCC(CO)(CC4)OC5)n4ccnc(N)c34)cc2)c1F. The van der Waals surface area contributed by atoms with Crippen LogP contribution in [0.1, 0.15) is 55.1 Å². The van der Waals surface area contributed by atoms with E-state index >= 15 is 4.39 Å². The van der Waals surface area contributed by atoms with E-state index in [0.29, 0.717) is 40.3 Å². The number of alkyl halides is 1. The summed E-state index contributed by atoms with van der Waals surface area (Å²) in [6, 6.07) is 12.6. The minimum absolute atomic E-state index is 0.0319. The molecule has 7 rings (SSSR count). The topological polar surface area (TPSA) is 85.7 Å². The molecule has 8 heteroatoms. The van der Waals surface area contributed by atoms with Gasteiger partial charge in [0.15, 0.2) is 0 Å². The van der Waals surface area contributed by atoms with Crippen molar-refractivity contribution in [2.75, 3.05) is 25.6 Å². The van der Waals surface area contributed by atoms with Crippen molar-refractivity contribution in [2.45, 2.75) is 56.0 Å². The number of nitrogens with two attached hydrogens (primary N) is 1. The van der Waals surface area contributed by atoms with E-state index in [-0.39, 0.29) is 17.8 Å². The van der Waals surface area contributed by atoms with Gasteiger partial charge in [0.2, 0.25) is 0 Å². The minimum atomic E-state index is -1.13. The second-order valence-electron chi connectivity index (χ2n) is 11.2. The first-order chi connectivity index (χ1) is 18.3. The molecule has 38 heavy (non-hydrogen) atoms. The van der Waals surface area contributed by atoms with Crippen LogP contribution in [0, 0.1) is 12.7 Å². The van der Waals surface area contributed by atoms with E-state index in [4.69, 9.17) is 15.5 Å². The van der Waals surface area contributed by atoms with E-state index in [2.05, 4.69) is 4.98 Å². The van der Waals surface area contributed by atoms with Crippen LogP contribution >= 0.6 is 0 Å². The van der Waals surface area contributed by atoms with Gasteiger partial charge in [0.05, 0.1) is 24.2 Å². The molecule has 2 bridgehead atoms. The third kappa shape index (κ3) is 3.57. The Kier molecular flexibility index (Phi) is 5.81. The molecule has 2 aromatic heterocycles. The highest BCUT2D eigenvalue weighted by Crippen LogP contribution is 2.50. The zero-order chi connectivity index (χ0) is 26.7. The Hall–Kier alpha value is -3.36. The van der Waals surface area contributed by atoms with Gasteiger partial charge in [-0.1, -0.05) is 42.5 Å². The van der Waals surface area contributed by atoms with Crippen LogP contribution < -0.4 is 5.73 Å². The molecule has 3 fully saturated rings. The molecule has 0 amide bonds. The number of hydrogen-bond donors (Lipinski definition) is 2. The van der Waals surface area contributed by atoms with Crippen molar-refractivity contribution in [3.05, 3.63) is 83.2 Å². The predicted molar refractivity (Wildman–Crippen MR) is 142 cm³/mol. The molecule has 2 saturated heterocycles. The van der Waals surface area contributed by atoms with E-state index in [1.54, 1.807) is 38.2 Å². The quantitative estimate of drug-likeness (QED) is 0.363. The van der Waals surface area contributed by atoms with Crippen molar-refractivity contribution in [2.24, 2.45) is 0 Å². The molecule has 1 aliphatic carbocycles. The second-order valence-corrected chi connectivity index (χ2v) is 11.2. The third-order valence-corrected chi connectivity index (χ3v) is 8.97. The van der Waals surface area contributed by atoms with Crippen LogP contribution in [-0.2, 0) is 15.6 Å². The first kappa shape index (κ1) is 24.9. The Bertz CT molecular complexity index is 1490. The monoisotopic (exact) mass is 518 g/mol. The van der Waals surface area contributed by atoms with Gasteiger partial charge in [-0.15, -0.1) is 0 Å². The van der Waals surface area contributed by atoms with Crippen molar-refractivity contribution in [3.8, 4) is 11.3 Å². The number of aromatic nitrogens is 3. The first-order valence-electron chi connectivity index (χ1n) is 13.1. The summed E-state index contributed by atoms with van der Waals surface area (Å²) in [4.78, 5) is 9.45. The summed E-state index contributed by atoms with van der Waals surface area (Å²) < 4.78 is 37.7. The molecule has 0 spiro atoms. The van der Waals surface area contributed by atoms with Gasteiger partial charge in [0.1, 0.15) is 35.3 Å². The summed E-state index contributed by atoms with van der Waals surface area (Å²) in [5, 5.41) is 9.87. The molecule has 2 aliphatic heterocycles. The maximum Gasteiger partial charge on any atom is 0.150 e. The van der Waals surface area contributed by atoms with Crippen LogP contribution in [-0.4, -0.2) is 45.0 Å². The maximum atomic E-state index is 15.0. The van der Waals surface area contributed by atoms with Crippen molar-refractivity contribution in [3.63, 3.8) is 0 Å². The number of aryl methyl sites for hydroxylation is 1. The summed E-state index contributed by atoms with van der Waals surface area (Å²) in [5.74, 6) is 0.865. The highest BCUT2D eigenvalue weighted by atomic mass is 19.1. The third-order valence-electron chi connectivity index (χ3n) is 8.97. The fourth-order valence-corrected chi connectivity index (χ4v) is 6.27. The molecular formula is C30H32F2N4O2. The van der Waals surface area contributed by atoms with E-state index in [1.807, 2.05) is 34.9 Å². The van der Waals surface area contributed by atoms with Crippen LogP contribution in [0.3, 0.4) is 0 Å². The number of nitrogen functional groups attached to an aromatic ring is 1. The van der Waals surface area contributed by atoms with Gasteiger partial charge in [-0.25, -0.2) is 18.7 Å². The maximum absolute atomic E-state index is 15.0. The van der Waals surface area contributed by atoms with Crippen LogP contribution in [0.5, 0.6) is 0 Å². The standard InChI is InChI=1S/C30H32F2N4O2/c1-19-4-3-5-22(23(19)32)28(2,16-31)21-8-6-20(7-9-21)24-25-26(33)34-14-15-36(25)27(35-24)29-10-12-30(17-37,13-11-29)38-18-29/h3-9,14-15,37H,10-13,16-18H2,1-2H3,(H2,33,34). The van der Waals surface area contributed by atoms with Gasteiger partial charge in [0.25, 0.3) is 0 Å². The van der Waals surface area contributed by atoms with Crippen molar-refractivity contribution in [1.82, 2.24) is 14.4 Å². The first-order valence-corrected chi connectivity index (χ1v) is 13.1. The molecule has 0 radical (unpaired) electrons. The summed E-state index contributed by atoms with van der Waals surface area (Å²) >= 11 is 0. The van der Waals surface area contributed by atoms with Gasteiger partial charge < -0.3 is 15.6 Å². The van der Waals surface area contributed by atoms with Crippen LogP contribution in [0.25, 0.3) is 16.8 Å². The van der Waals surface area contributed by atoms with Crippen LogP contribution in [0.15, 0.2) is 54.9 Å². The molecular weight excluding hydrogens is 486 g/mol. The number of imidazole rings is 1. The van der Waals surface area contributed by atoms with Gasteiger partial charge in [-0.3, -0.25) is 4.40 Å². The number of ether oxygens (including phenoxy) is 1. The van der Waals surface area contributed by atoms with E-state index in [1.165, 1.54) is 0 Å². The summed E-state index contributed by atoms with van der Waals surface area (Å²) in [6.07, 6.45) is 6.84. The predicted octanol–water partition coefficient (Wildman–Crippen LogP) is 5.27. The van der Waals surface area contributed by atoms with Crippen LogP contribution in [0.2, 0.25) is 0 Å². The number of aliphatic hydroxyl groups is 1.